The quantitative estimate of drug-likeness (QED) is 0.375. The van der Waals surface area contributed by atoms with Crippen LogP contribution in [0.2, 0.25) is 5.02 Å². The average Bonchev–Trinajstić information content (AvgIpc) is 2.73. The van der Waals surface area contributed by atoms with Crippen molar-refractivity contribution in [2.24, 2.45) is 5.73 Å². The van der Waals surface area contributed by atoms with Crippen LogP contribution >= 0.6 is 11.6 Å². The number of benzene rings is 2. The highest BCUT2D eigenvalue weighted by Gasteiger charge is 2.37. The van der Waals surface area contributed by atoms with Crippen molar-refractivity contribution in [3.63, 3.8) is 0 Å². The Bertz CT molecular complexity index is 1270. The molecule has 0 aliphatic rings. The Balaban J connectivity index is 2.09. The third-order valence-corrected chi connectivity index (χ3v) is 4.48. The van der Waals surface area contributed by atoms with Gasteiger partial charge < -0.3 is 15.8 Å². The lowest BCUT2D eigenvalue weighted by atomic mass is 10.1. The highest BCUT2D eigenvalue weighted by Crippen LogP contribution is 2.39. The molecule has 0 fully saturated rings. The number of aromatic nitrogens is 1. The molecule has 1 heterocycles. The van der Waals surface area contributed by atoms with Gasteiger partial charge in [-0.3, -0.25) is 14.6 Å². The van der Waals surface area contributed by atoms with Crippen molar-refractivity contribution in [2.45, 2.75) is 6.18 Å². The van der Waals surface area contributed by atoms with E-state index < -0.39 is 63.1 Å². The van der Waals surface area contributed by atoms with Gasteiger partial charge in [-0.25, -0.2) is 13.2 Å². The van der Waals surface area contributed by atoms with Crippen LogP contribution in [0.4, 0.5) is 32.0 Å². The second kappa shape index (κ2) is 8.98. The van der Waals surface area contributed by atoms with Gasteiger partial charge in [0.25, 0.3) is 11.8 Å². The molecule has 33 heavy (non-hydrogen) atoms. The van der Waals surface area contributed by atoms with E-state index in [1.165, 1.54) is 0 Å². The first kappa shape index (κ1) is 23.9. The van der Waals surface area contributed by atoms with E-state index in [4.69, 9.17) is 22.1 Å². The number of hydrogen-bond acceptors (Lipinski definition) is 4. The van der Waals surface area contributed by atoms with E-state index in [9.17, 15) is 35.9 Å². The number of carbonyl (C=O) groups excluding carboxylic acids is 2. The van der Waals surface area contributed by atoms with E-state index in [0.29, 0.717) is 18.2 Å². The van der Waals surface area contributed by atoms with Crippen molar-refractivity contribution in [3.8, 4) is 11.5 Å². The first-order valence-electron chi connectivity index (χ1n) is 8.68. The lowest BCUT2D eigenvalue weighted by molar-refractivity contribution is -0.140. The third kappa shape index (κ3) is 5.00. The molecule has 172 valence electrons. The van der Waals surface area contributed by atoms with Crippen molar-refractivity contribution in [1.82, 2.24) is 4.98 Å². The fraction of sp³-hybridized carbons (Fsp3) is 0.0500. The highest BCUT2D eigenvalue weighted by atomic mass is 35.5. The summed E-state index contributed by atoms with van der Waals surface area (Å²) in [4.78, 5) is 27.6. The molecule has 3 rings (SSSR count). The number of carbonyl (C=O) groups is 2. The molecule has 0 bridgehead atoms. The lowest BCUT2D eigenvalue weighted by Gasteiger charge is -2.17. The molecule has 6 nitrogen and oxygen atoms in total. The molecule has 2 amide bonds. The zero-order valence-corrected chi connectivity index (χ0v) is 16.7. The van der Waals surface area contributed by atoms with Gasteiger partial charge in [0.2, 0.25) is 0 Å². The van der Waals surface area contributed by atoms with Crippen LogP contribution in [0.5, 0.6) is 11.5 Å². The molecule has 0 aliphatic heterocycles. The van der Waals surface area contributed by atoms with Gasteiger partial charge in [0.15, 0.2) is 17.5 Å². The summed E-state index contributed by atoms with van der Waals surface area (Å²) in [5.74, 6) is -8.63. The Labute approximate surface area is 185 Å². The van der Waals surface area contributed by atoms with E-state index in [1.807, 2.05) is 0 Å². The maximum absolute atomic E-state index is 14.8. The molecule has 3 aromatic rings. The van der Waals surface area contributed by atoms with E-state index in [0.717, 1.165) is 24.4 Å². The first-order chi connectivity index (χ1) is 15.4. The fourth-order valence-corrected chi connectivity index (χ4v) is 2.81. The summed E-state index contributed by atoms with van der Waals surface area (Å²) in [6.45, 7) is 0. The zero-order chi connectivity index (χ0) is 24.5. The van der Waals surface area contributed by atoms with Crippen molar-refractivity contribution in [3.05, 3.63) is 81.9 Å². The Hall–Kier alpha value is -3.80. The molecule has 0 saturated heterocycles. The maximum Gasteiger partial charge on any atom is 0.419 e. The predicted molar refractivity (Wildman–Crippen MR) is 104 cm³/mol. The van der Waals surface area contributed by atoms with Gasteiger partial charge in [0.1, 0.15) is 27.8 Å². The van der Waals surface area contributed by atoms with Crippen LogP contribution in [0, 0.1) is 17.5 Å². The molecule has 1 aromatic heterocycles. The minimum Gasteiger partial charge on any atom is -0.455 e. The maximum atomic E-state index is 14.8. The van der Waals surface area contributed by atoms with Gasteiger partial charge in [0.05, 0.1) is 5.56 Å². The van der Waals surface area contributed by atoms with Gasteiger partial charge in [-0.15, -0.1) is 0 Å². The number of primary amides is 1. The predicted octanol–water partition coefficient (Wildman–Crippen LogP) is 5.31. The SMILES string of the molecule is NC(=O)c1cc(NC(=O)c2c(Oc3ccc(F)c(F)c3Cl)ccc(C(F)(F)F)c2F)ccn1. The lowest BCUT2D eigenvalue weighted by Crippen LogP contribution is -2.19. The van der Waals surface area contributed by atoms with E-state index in [2.05, 4.69) is 10.3 Å². The molecule has 0 aliphatic carbocycles. The summed E-state index contributed by atoms with van der Waals surface area (Å²) >= 11 is 5.64. The molecule has 2 aromatic carbocycles. The number of halogens is 7. The minimum atomic E-state index is -5.17. The summed E-state index contributed by atoms with van der Waals surface area (Å²) in [5, 5.41) is 1.21. The van der Waals surface area contributed by atoms with Crippen LogP contribution in [0.15, 0.2) is 42.6 Å². The second-order valence-corrected chi connectivity index (χ2v) is 6.70. The fourth-order valence-electron chi connectivity index (χ4n) is 2.62. The molecular formula is C20H10ClF6N3O3. The monoisotopic (exact) mass is 489 g/mol. The van der Waals surface area contributed by atoms with E-state index >= 15 is 0 Å². The van der Waals surface area contributed by atoms with Crippen molar-refractivity contribution >= 4 is 29.1 Å². The Morgan fingerprint density at radius 1 is 1.00 bits per heavy atom. The summed E-state index contributed by atoms with van der Waals surface area (Å²) in [5.41, 5.74) is 1.62. The molecule has 0 unspecified atom stereocenters. The van der Waals surface area contributed by atoms with Gasteiger partial charge in [0, 0.05) is 11.9 Å². The third-order valence-electron chi connectivity index (χ3n) is 4.13. The topological polar surface area (TPSA) is 94.3 Å². The van der Waals surface area contributed by atoms with Gasteiger partial charge in [-0.1, -0.05) is 11.6 Å². The number of hydrogen-bond donors (Lipinski definition) is 2. The number of nitrogens with one attached hydrogen (secondary N) is 1. The number of amides is 2. The Morgan fingerprint density at radius 3 is 2.30 bits per heavy atom. The standard InChI is InChI=1S/C20H10ClF6N3O3/c21-15-13(4-2-10(22)17(15)24)33-12-3-1-9(20(25,26)27)16(23)14(12)19(32)30-8-5-6-29-11(7-8)18(28)31/h1-7H,(H2,28,31)(H,29,30,32). The van der Waals surface area contributed by atoms with E-state index in [-0.39, 0.29) is 11.4 Å². The number of alkyl halides is 3. The Morgan fingerprint density at radius 2 is 1.67 bits per heavy atom. The molecule has 0 radical (unpaired) electrons. The normalized spacial score (nSPS) is 11.2. The second-order valence-electron chi connectivity index (χ2n) is 6.32. The zero-order valence-electron chi connectivity index (χ0n) is 15.9. The molecule has 13 heteroatoms. The number of nitrogens with two attached hydrogens (primary N) is 1. The first-order valence-corrected chi connectivity index (χ1v) is 9.06. The molecular weight excluding hydrogens is 480 g/mol. The van der Waals surface area contributed by atoms with Crippen molar-refractivity contribution in [2.75, 3.05) is 5.32 Å². The number of rotatable bonds is 5. The minimum absolute atomic E-state index is 0.155. The summed E-state index contributed by atoms with van der Waals surface area (Å²) in [6, 6.07) is 4.51. The van der Waals surface area contributed by atoms with Crippen LogP contribution < -0.4 is 15.8 Å². The molecule has 0 spiro atoms. The van der Waals surface area contributed by atoms with E-state index in [1.54, 1.807) is 0 Å². The van der Waals surface area contributed by atoms with Crippen LogP contribution in [0.1, 0.15) is 26.4 Å². The van der Waals surface area contributed by atoms with Gasteiger partial charge in [-0.05, 0) is 36.4 Å². The summed E-state index contributed by atoms with van der Waals surface area (Å²) < 4.78 is 86.6. The van der Waals surface area contributed by atoms with Gasteiger partial charge >= 0.3 is 6.18 Å². The number of ether oxygens (including phenoxy) is 1. The van der Waals surface area contributed by atoms with Crippen LogP contribution in [-0.2, 0) is 6.18 Å². The van der Waals surface area contributed by atoms with Crippen molar-refractivity contribution in [1.29, 1.82) is 0 Å². The molecule has 0 atom stereocenters. The smallest absolute Gasteiger partial charge is 0.419 e. The van der Waals surface area contributed by atoms with Gasteiger partial charge in [-0.2, -0.15) is 13.2 Å². The van der Waals surface area contributed by atoms with Crippen LogP contribution in [0.3, 0.4) is 0 Å². The summed E-state index contributed by atoms with van der Waals surface area (Å²) in [7, 11) is 0. The number of nitrogens with zero attached hydrogens (tertiary/aromatic N) is 1. The van der Waals surface area contributed by atoms with Crippen LogP contribution in [0.25, 0.3) is 0 Å². The van der Waals surface area contributed by atoms with Crippen LogP contribution in [-0.4, -0.2) is 16.8 Å². The highest BCUT2D eigenvalue weighted by molar-refractivity contribution is 6.32. The largest absolute Gasteiger partial charge is 0.455 e. The average molecular weight is 490 g/mol. The molecule has 0 saturated carbocycles. The summed E-state index contributed by atoms with van der Waals surface area (Å²) in [6.07, 6.45) is -4.11. The Kier molecular flexibility index (Phi) is 6.49. The van der Waals surface area contributed by atoms with Crippen molar-refractivity contribution < 1.29 is 40.7 Å². The molecule has 3 N–H and O–H groups in total. The number of pyridine rings is 1. The number of anilines is 1.